The van der Waals surface area contributed by atoms with E-state index in [0.717, 1.165) is 22.3 Å². The van der Waals surface area contributed by atoms with Gasteiger partial charge in [-0.1, -0.05) is 65.1 Å². The smallest absolute Gasteiger partial charge is 0.126 e. The molecule has 0 saturated carbocycles. The maximum atomic E-state index is 9.93. The van der Waals surface area contributed by atoms with Crippen molar-refractivity contribution >= 4 is 5.57 Å². The molecule has 106 valence electrons. The third-order valence-corrected chi connectivity index (χ3v) is 2.27. The van der Waals surface area contributed by atoms with E-state index in [2.05, 4.69) is 13.2 Å². The summed E-state index contributed by atoms with van der Waals surface area (Å²) in [6.45, 7) is 19.3. The molecule has 19 heavy (non-hydrogen) atoms. The zero-order valence-electron chi connectivity index (χ0n) is 13.2. The van der Waals surface area contributed by atoms with Crippen molar-refractivity contribution in [3.63, 3.8) is 0 Å². The zero-order valence-corrected chi connectivity index (χ0v) is 13.2. The predicted octanol–water partition coefficient (Wildman–Crippen LogP) is 5.82. The summed E-state index contributed by atoms with van der Waals surface area (Å²) in [5.41, 5.74) is 3.69. The third-order valence-electron chi connectivity index (χ3n) is 2.27. The van der Waals surface area contributed by atoms with Crippen LogP contribution in [0.1, 0.15) is 44.4 Å². The standard InChI is InChI=1S/C14H16O.2C2H6/c1-5-7-12(6-2)13-9-10(3)8-11(4)14(13)15;2*1-2/h5-9,15H,1-2H2,3-4H3;2*1-2H3/b12-7+;;. The summed E-state index contributed by atoms with van der Waals surface area (Å²) in [6, 6.07) is 3.90. The molecule has 0 bridgehead atoms. The van der Waals surface area contributed by atoms with Crippen molar-refractivity contribution in [3.8, 4) is 5.75 Å². The van der Waals surface area contributed by atoms with Crippen molar-refractivity contribution < 1.29 is 5.11 Å². The lowest BCUT2D eigenvalue weighted by Crippen LogP contribution is -1.87. The van der Waals surface area contributed by atoms with E-state index in [4.69, 9.17) is 0 Å². The molecular weight excluding hydrogens is 232 g/mol. The van der Waals surface area contributed by atoms with E-state index in [1.165, 1.54) is 0 Å². The molecule has 0 heterocycles. The van der Waals surface area contributed by atoms with Gasteiger partial charge in [-0.05, 0) is 36.6 Å². The van der Waals surface area contributed by atoms with Crippen molar-refractivity contribution in [3.05, 3.63) is 60.2 Å². The van der Waals surface area contributed by atoms with Gasteiger partial charge in [-0.25, -0.2) is 0 Å². The van der Waals surface area contributed by atoms with Crippen LogP contribution in [0.5, 0.6) is 5.75 Å². The predicted molar refractivity (Wildman–Crippen MR) is 88.6 cm³/mol. The van der Waals surface area contributed by atoms with Crippen LogP contribution >= 0.6 is 0 Å². The fraction of sp³-hybridized carbons (Fsp3) is 0.333. The maximum Gasteiger partial charge on any atom is 0.126 e. The minimum Gasteiger partial charge on any atom is -0.507 e. The van der Waals surface area contributed by atoms with Gasteiger partial charge < -0.3 is 5.11 Å². The van der Waals surface area contributed by atoms with Gasteiger partial charge in [0.05, 0.1) is 0 Å². The first kappa shape index (κ1) is 19.6. The first-order valence-corrected chi connectivity index (χ1v) is 6.86. The topological polar surface area (TPSA) is 20.2 Å². The van der Waals surface area contributed by atoms with E-state index < -0.39 is 0 Å². The normalized spacial score (nSPS) is 9.47. The van der Waals surface area contributed by atoms with Crippen molar-refractivity contribution in [1.82, 2.24) is 0 Å². The lowest BCUT2D eigenvalue weighted by molar-refractivity contribution is 0.469. The van der Waals surface area contributed by atoms with Gasteiger partial charge in [0.25, 0.3) is 0 Å². The average molecular weight is 260 g/mol. The second-order valence-electron chi connectivity index (χ2n) is 3.54. The Morgan fingerprint density at radius 1 is 1.05 bits per heavy atom. The molecule has 0 aliphatic carbocycles. The Hall–Kier alpha value is -1.76. The highest BCUT2D eigenvalue weighted by molar-refractivity contribution is 5.79. The first-order chi connectivity index (χ1) is 9.10. The summed E-state index contributed by atoms with van der Waals surface area (Å²) in [6.07, 6.45) is 5.24. The molecular formula is C18H28O. The fourth-order valence-electron chi connectivity index (χ4n) is 1.57. The Morgan fingerprint density at radius 2 is 1.58 bits per heavy atom. The molecule has 1 aromatic carbocycles. The molecule has 0 spiro atoms. The van der Waals surface area contributed by atoms with Crippen LogP contribution in [-0.2, 0) is 0 Å². The summed E-state index contributed by atoms with van der Waals surface area (Å²) in [7, 11) is 0. The molecule has 0 aliphatic rings. The van der Waals surface area contributed by atoms with Gasteiger partial charge in [0, 0.05) is 5.56 Å². The van der Waals surface area contributed by atoms with Gasteiger partial charge >= 0.3 is 0 Å². The highest BCUT2D eigenvalue weighted by atomic mass is 16.3. The molecule has 1 heteroatoms. The molecule has 1 rings (SSSR count). The first-order valence-electron chi connectivity index (χ1n) is 6.86. The van der Waals surface area contributed by atoms with Crippen LogP contribution in [0.15, 0.2) is 43.5 Å². The Labute approximate surface area is 119 Å². The second kappa shape index (κ2) is 11.3. The lowest BCUT2D eigenvalue weighted by Gasteiger charge is -2.09. The van der Waals surface area contributed by atoms with Crippen LogP contribution in [0.3, 0.4) is 0 Å². The molecule has 0 atom stereocenters. The number of aryl methyl sites for hydroxylation is 2. The van der Waals surface area contributed by atoms with Crippen LogP contribution in [0.25, 0.3) is 5.57 Å². The largest absolute Gasteiger partial charge is 0.507 e. The molecule has 0 radical (unpaired) electrons. The summed E-state index contributed by atoms with van der Waals surface area (Å²) in [5, 5.41) is 9.93. The molecule has 0 unspecified atom stereocenters. The number of hydrogen-bond acceptors (Lipinski definition) is 1. The van der Waals surface area contributed by atoms with Crippen molar-refractivity contribution in [1.29, 1.82) is 0 Å². The highest BCUT2D eigenvalue weighted by Gasteiger charge is 2.07. The van der Waals surface area contributed by atoms with E-state index in [0.29, 0.717) is 5.75 Å². The Balaban J connectivity index is 0. The summed E-state index contributed by atoms with van der Waals surface area (Å²) >= 11 is 0. The number of rotatable bonds is 3. The van der Waals surface area contributed by atoms with Gasteiger partial charge in [-0.2, -0.15) is 0 Å². The molecule has 0 aliphatic heterocycles. The Bertz CT molecular complexity index is 426. The highest BCUT2D eigenvalue weighted by Crippen LogP contribution is 2.30. The van der Waals surface area contributed by atoms with Gasteiger partial charge in [0.15, 0.2) is 0 Å². The second-order valence-corrected chi connectivity index (χ2v) is 3.54. The molecule has 1 aromatic rings. The van der Waals surface area contributed by atoms with E-state index >= 15 is 0 Å². The van der Waals surface area contributed by atoms with Gasteiger partial charge in [-0.15, -0.1) is 0 Å². The van der Waals surface area contributed by atoms with Gasteiger partial charge in [0.2, 0.25) is 0 Å². The Morgan fingerprint density at radius 3 is 2.00 bits per heavy atom. The van der Waals surface area contributed by atoms with Crippen molar-refractivity contribution in [2.24, 2.45) is 0 Å². The number of allylic oxidation sites excluding steroid dienone is 4. The van der Waals surface area contributed by atoms with Crippen molar-refractivity contribution in [2.75, 3.05) is 0 Å². The third kappa shape index (κ3) is 6.10. The number of phenolic OH excluding ortho intramolecular Hbond substituents is 1. The zero-order chi connectivity index (χ0) is 15.4. The van der Waals surface area contributed by atoms with Crippen molar-refractivity contribution in [2.45, 2.75) is 41.5 Å². The molecule has 0 amide bonds. The molecule has 1 nitrogen and oxygen atoms in total. The monoisotopic (exact) mass is 260 g/mol. The van der Waals surface area contributed by atoms with Crippen LogP contribution in [0.2, 0.25) is 0 Å². The van der Waals surface area contributed by atoms with E-state index in [9.17, 15) is 5.11 Å². The quantitative estimate of drug-likeness (QED) is 0.679. The Kier molecular flexibility index (Phi) is 11.7. The minimum absolute atomic E-state index is 0.314. The van der Waals surface area contributed by atoms with Crippen LogP contribution < -0.4 is 0 Å². The summed E-state index contributed by atoms with van der Waals surface area (Å²) in [4.78, 5) is 0. The van der Waals surface area contributed by atoms with Gasteiger partial charge in [-0.3, -0.25) is 0 Å². The number of aromatic hydroxyl groups is 1. The van der Waals surface area contributed by atoms with Gasteiger partial charge in [0.1, 0.15) is 5.75 Å². The van der Waals surface area contributed by atoms with Crippen LogP contribution in [-0.4, -0.2) is 5.11 Å². The number of phenols is 1. The SMILES string of the molecule is C=C/C=C(\C=C)c1cc(C)cc(C)c1O.CC.CC. The molecule has 0 aromatic heterocycles. The summed E-state index contributed by atoms with van der Waals surface area (Å²) in [5.74, 6) is 0.314. The average Bonchev–Trinajstić information content (AvgIpc) is 2.45. The molecule has 0 saturated heterocycles. The number of benzene rings is 1. The van der Waals surface area contributed by atoms with E-state index in [-0.39, 0.29) is 0 Å². The molecule has 0 fully saturated rings. The van der Waals surface area contributed by atoms with E-state index in [1.54, 1.807) is 12.2 Å². The fourth-order valence-corrected chi connectivity index (χ4v) is 1.57. The minimum atomic E-state index is 0.314. The maximum absolute atomic E-state index is 9.93. The van der Waals surface area contributed by atoms with E-state index in [1.807, 2.05) is 59.8 Å². The lowest BCUT2D eigenvalue weighted by atomic mass is 9.99. The van der Waals surface area contributed by atoms with Crippen LogP contribution in [0, 0.1) is 13.8 Å². The molecule has 1 N–H and O–H groups in total. The number of hydrogen-bond donors (Lipinski definition) is 1. The van der Waals surface area contributed by atoms with Crippen LogP contribution in [0.4, 0.5) is 0 Å². The summed E-state index contributed by atoms with van der Waals surface area (Å²) < 4.78 is 0.